The molecule has 1 saturated carbocycles. The number of carbonyl (C=O) groups excluding carboxylic acids is 2. The minimum Gasteiger partial charge on any atom is -0.497 e. The summed E-state index contributed by atoms with van der Waals surface area (Å²) in [6.45, 7) is 0. The van der Waals surface area contributed by atoms with Crippen LogP contribution in [-0.4, -0.2) is 29.8 Å². The molecule has 1 aliphatic heterocycles. The Morgan fingerprint density at radius 3 is 2.40 bits per heavy atom. The Labute approximate surface area is 171 Å². The number of hydrogen-bond donors (Lipinski definition) is 0. The van der Waals surface area contributed by atoms with Crippen molar-refractivity contribution in [3.8, 4) is 17.1 Å². The smallest absolute Gasteiger partial charge is 0.349 e. The second-order valence-electron chi connectivity index (χ2n) is 7.15. The third-order valence-electron chi connectivity index (χ3n) is 5.19. The predicted octanol–water partition coefficient (Wildman–Crippen LogP) is 4.01. The molecule has 0 N–H and O–H groups in total. The van der Waals surface area contributed by atoms with E-state index in [-0.39, 0.29) is 28.3 Å². The molecule has 0 atom stereocenters. The molecule has 1 spiro atoms. The molecule has 2 fully saturated rings. The number of methoxy groups -OCH3 is 1. The normalized spacial score (nSPS) is 18.0. The molecule has 1 aromatic heterocycles. The molecular formula is C21H19NO8. The number of nitro groups is 1. The first-order chi connectivity index (χ1) is 14.4. The molecule has 4 rings (SSSR count). The number of nitro benzene ring substituents is 1. The summed E-state index contributed by atoms with van der Waals surface area (Å²) in [5, 5.41) is 11.4. The zero-order chi connectivity index (χ0) is 21.3. The second-order valence-corrected chi connectivity index (χ2v) is 7.15. The lowest BCUT2D eigenvalue weighted by atomic mass is 9.93. The van der Waals surface area contributed by atoms with Gasteiger partial charge in [0.1, 0.15) is 22.8 Å². The van der Waals surface area contributed by atoms with E-state index >= 15 is 0 Å². The first-order valence-corrected chi connectivity index (χ1v) is 9.52. The van der Waals surface area contributed by atoms with Gasteiger partial charge >= 0.3 is 11.9 Å². The minimum absolute atomic E-state index is 0.165. The number of carbonyl (C=O) groups is 2. The van der Waals surface area contributed by atoms with E-state index in [2.05, 4.69) is 0 Å². The zero-order valence-electron chi connectivity index (χ0n) is 16.2. The predicted molar refractivity (Wildman–Crippen MR) is 103 cm³/mol. The Balaban J connectivity index is 1.61. The van der Waals surface area contributed by atoms with Crippen molar-refractivity contribution in [2.75, 3.05) is 7.11 Å². The van der Waals surface area contributed by atoms with Crippen LogP contribution in [0.15, 0.2) is 40.3 Å². The molecule has 0 unspecified atom stereocenters. The van der Waals surface area contributed by atoms with Gasteiger partial charge in [0.05, 0.1) is 23.7 Å². The summed E-state index contributed by atoms with van der Waals surface area (Å²) in [7, 11) is 1.41. The molecule has 156 valence electrons. The molecule has 2 aliphatic rings. The van der Waals surface area contributed by atoms with Gasteiger partial charge in [0.2, 0.25) is 0 Å². The highest BCUT2D eigenvalue weighted by atomic mass is 16.7. The fraction of sp³-hybridized carbons (Fsp3) is 0.333. The molecule has 2 heterocycles. The first-order valence-electron chi connectivity index (χ1n) is 9.52. The Hall–Kier alpha value is -3.62. The molecule has 9 heteroatoms. The number of benzene rings is 1. The van der Waals surface area contributed by atoms with E-state index in [1.54, 1.807) is 6.07 Å². The van der Waals surface area contributed by atoms with Crippen LogP contribution < -0.4 is 4.74 Å². The summed E-state index contributed by atoms with van der Waals surface area (Å²) in [5.74, 6) is -1.98. The number of hydrogen-bond acceptors (Lipinski definition) is 8. The molecule has 9 nitrogen and oxygen atoms in total. The van der Waals surface area contributed by atoms with Gasteiger partial charge in [0, 0.05) is 18.9 Å². The lowest BCUT2D eigenvalue weighted by Gasteiger charge is -2.38. The van der Waals surface area contributed by atoms with E-state index < -0.39 is 22.6 Å². The highest BCUT2D eigenvalue weighted by Gasteiger charge is 2.46. The lowest BCUT2D eigenvalue weighted by Crippen LogP contribution is -2.47. The third kappa shape index (κ3) is 3.66. The van der Waals surface area contributed by atoms with Crippen LogP contribution in [0.25, 0.3) is 17.4 Å². The average Bonchev–Trinajstić information content (AvgIpc) is 3.19. The van der Waals surface area contributed by atoms with E-state index in [9.17, 15) is 19.7 Å². The summed E-state index contributed by atoms with van der Waals surface area (Å²) in [6, 6.07) is 7.38. The van der Waals surface area contributed by atoms with Crippen molar-refractivity contribution in [1.29, 1.82) is 0 Å². The Morgan fingerprint density at radius 2 is 1.77 bits per heavy atom. The average molecular weight is 413 g/mol. The molecule has 2 aromatic rings. The highest BCUT2D eigenvalue weighted by Crippen LogP contribution is 2.38. The lowest BCUT2D eigenvalue weighted by molar-refractivity contribution is -0.384. The molecule has 0 amide bonds. The van der Waals surface area contributed by atoms with Crippen LogP contribution >= 0.6 is 0 Å². The quantitative estimate of drug-likeness (QED) is 0.243. The van der Waals surface area contributed by atoms with Crippen LogP contribution in [0.1, 0.15) is 37.9 Å². The monoisotopic (exact) mass is 413 g/mol. The fourth-order valence-electron chi connectivity index (χ4n) is 3.68. The largest absolute Gasteiger partial charge is 0.497 e. The number of nitrogens with zero attached hydrogens (tertiary/aromatic N) is 1. The number of esters is 2. The Morgan fingerprint density at radius 1 is 1.07 bits per heavy atom. The van der Waals surface area contributed by atoms with Gasteiger partial charge in [-0.05, 0) is 37.1 Å². The highest BCUT2D eigenvalue weighted by molar-refractivity contribution is 6.18. The van der Waals surface area contributed by atoms with Crippen LogP contribution in [0.2, 0.25) is 0 Å². The van der Waals surface area contributed by atoms with Gasteiger partial charge in [-0.1, -0.05) is 6.42 Å². The SMILES string of the molecule is COc1ccc(-c2ccc(C=C3C(=O)OC4(CCCCC4)OC3=O)o2)c([N+](=O)[O-])c1. The van der Waals surface area contributed by atoms with Gasteiger partial charge in [0.25, 0.3) is 11.5 Å². The van der Waals surface area contributed by atoms with Crippen LogP contribution in [-0.2, 0) is 19.1 Å². The molecule has 0 bridgehead atoms. The zero-order valence-corrected chi connectivity index (χ0v) is 16.2. The van der Waals surface area contributed by atoms with Gasteiger partial charge in [0.15, 0.2) is 0 Å². The Bertz CT molecular complexity index is 1020. The van der Waals surface area contributed by atoms with E-state index in [1.165, 1.54) is 37.5 Å². The topological polar surface area (TPSA) is 118 Å². The molecule has 30 heavy (non-hydrogen) atoms. The van der Waals surface area contributed by atoms with E-state index in [1.807, 2.05) is 0 Å². The molecule has 1 aromatic carbocycles. The maximum Gasteiger partial charge on any atom is 0.349 e. The van der Waals surface area contributed by atoms with Crippen molar-refractivity contribution >= 4 is 23.7 Å². The van der Waals surface area contributed by atoms with Crippen LogP contribution in [0, 0.1) is 10.1 Å². The first kappa shape index (κ1) is 19.7. The summed E-state index contributed by atoms with van der Waals surface area (Å²) < 4.78 is 21.5. The summed E-state index contributed by atoms with van der Waals surface area (Å²) in [5.41, 5.74) is -0.240. The van der Waals surface area contributed by atoms with Gasteiger partial charge in [-0.25, -0.2) is 9.59 Å². The molecule has 1 saturated heterocycles. The van der Waals surface area contributed by atoms with Crippen LogP contribution in [0.3, 0.4) is 0 Å². The minimum atomic E-state index is -1.16. The van der Waals surface area contributed by atoms with Crippen LogP contribution in [0.5, 0.6) is 5.75 Å². The summed E-state index contributed by atoms with van der Waals surface area (Å²) >= 11 is 0. The second kappa shape index (κ2) is 7.66. The molecular weight excluding hydrogens is 394 g/mol. The van der Waals surface area contributed by atoms with E-state index in [0.29, 0.717) is 18.6 Å². The number of ether oxygens (including phenoxy) is 3. The van der Waals surface area contributed by atoms with Crippen LogP contribution in [0.4, 0.5) is 5.69 Å². The maximum absolute atomic E-state index is 12.4. The maximum atomic E-state index is 12.4. The molecule has 1 aliphatic carbocycles. The van der Waals surface area contributed by atoms with Gasteiger partial charge in [-0.2, -0.15) is 0 Å². The Kier molecular flexibility index (Phi) is 5.03. The fourth-order valence-corrected chi connectivity index (χ4v) is 3.68. The number of furan rings is 1. The van der Waals surface area contributed by atoms with Crippen molar-refractivity contribution in [2.24, 2.45) is 0 Å². The van der Waals surface area contributed by atoms with E-state index in [0.717, 1.165) is 19.3 Å². The standard InChI is InChI=1S/C21H19NO8/c1-27-13-5-7-15(17(12-13)22(25)26)18-8-6-14(28-18)11-16-19(23)29-21(30-20(16)24)9-3-2-4-10-21/h5-8,11-12H,2-4,9-10H2,1H3. The summed E-state index contributed by atoms with van der Waals surface area (Å²) in [6.07, 6.45) is 4.85. The van der Waals surface area contributed by atoms with E-state index in [4.69, 9.17) is 18.6 Å². The van der Waals surface area contributed by atoms with Crippen molar-refractivity contribution in [3.63, 3.8) is 0 Å². The van der Waals surface area contributed by atoms with Crippen molar-refractivity contribution < 1.29 is 33.1 Å². The van der Waals surface area contributed by atoms with Gasteiger partial charge < -0.3 is 18.6 Å². The van der Waals surface area contributed by atoms with Crippen molar-refractivity contribution in [2.45, 2.75) is 37.9 Å². The summed E-state index contributed by atoms with van der Waals surface area (Å²) in [4.78, 5) is 35.7. The van der Waals surface area contributed by atoms with Crippen molar-refractivity contribution in [1.82, 2.24) is 0 Å². The van der Waals surface area contributed by atoms with Crippen molar-refractivity contribution in [3.05, 3.63) is 51.8 Å². The van der Waals surface area contributed by atoms with Gasteiger partial charge in [-0.15, -0.1) is 0 Å². The number of rotatable bonds is 4. The third-order valence-corrected chi connectivity index (χ3v) is 5.19. The van der Waals surface area contributed by atoms with Gasteiger partial charge in [-0.3, -0.25) is 10.1 Å². The molecule has 0 radical (unpaired) electrons.